The van der Waals surface area contributed by atoms with E-state index in [1.807, 2.05) is 6.07 Å². The molecule has 0 amide bonds. The summed E-state index contributed by atoms with van der Waals surface area (Å²) in [7, 11) is 0. The summed E-state index contributed by atoms with van der Waals surface area (Å²) in [4.78, 5) is 2.46. The Balaban J connectivity index is 2.09. The van der Waals surface area contributed by atoms with E-state index in [0.29, 0.717) is 18.0 Å². The number of hydrogen-bond donors (Lipinski definition) is 1. The average Bonchev–Trinajstić information content (AvgIpc) is 2.65. The Morgan fingerprint density at radius 2 is 2.24 bits per heavy atom. The van der Waals surface area contributed by atoms with Gasteiger partial charge in [-0.05, 0) is 43.5 Å². The van der Waals surface area contributed by atoms with Crippen LogP contribution >= 0.6 is 11.6 Å². The second kappa shape index (κ2) is 7.57. The Morgan fingerprint density at radius 3 is 2.90 bits per heavy atom. The summed E-state index contributed by atoms with van der Waals surface area (Å²) in [5.74, 6) is 0.327. The first-order valence-corrected chi connectivity index (χ1v) is 8.30. The lowest BCUT2D eigenvalue weighted by Crippen LogP contribution is -2.43. The standard InChI is InChI=1S/C17H26ClFN2/c1-4-12(2)17-11-21(13(3)7-8-20-17)10-14-5-6-15(18)16(19)9-14/h5-6,9,12-13,17,20H,4,7-8,10-11H2,1-3H3. The van der Waals surface area contributed by atoms with Crippen LogP contribution in [-0.2, 0) is 6.54 Å². The van der Waals surface area contributed by atoms with Crippen molar-refractivity contribution in [3.8, 4) is 0 Å². The molecular formula is C17H26ClFN2. The van der Waals surface area contributed by atoms with Crippen molar-refractivity contribution in [2.24, 2.45) is 5.92 Å². The van der Waals surface area contributed by atoms with Crippen molar-refractivity contribution < 1.29 is 4.39 Å². The van der Waals surface area contributed by atoms with E-state index < -0.39 is 0 Å². The summed E-state index contributed by atoms with van der Waals surface area (Å²) in [6, 6.07) is 6.15. The fraction of sp³-hybridized carbons (Fsp3) is 0.647. The van der Waals surface area contributed by atoms with Gasteiger partial charge >= 0.3 is 0 Å². The van der Waals surface area contributed by atoms with E-state index in [0.717, 1.165) is 31.6 Å². The van der Waals surface area contributed by atoms with Crippen LogP contribution in [0.5, 0.6) is 0 Å². The van der Waals surface area contributed by atoms with Gasteiger partial charge in [-0.3, -0.25) is 4.90 Å². The molecule has 1 aliphatic rings. The number of benzene rings is 1. The van der Waals surface area contributed by atoms with Crippen molar-refractivity contribution in [2.75, 3.05) is 13.1 Å². The minimum atomic E-state index is -0.326. The van der Waals surface area contributed by atoms with Gasteiger partial charge in [-0.15, -0.1) is 0 Å². The van der Waals surface area contributed by atoms with Gasteiger partial charge in [0.2, 0.25) is 0 Å². The number of nitrogens with one attached hydrogen (secondary N) is 1. The van der Waals surface area contributed by atoms with E-state index in [2.05, 4.69) is 31.0 Å². The van der Waals surface area contributed by atoms with Crippen LogP contribution in [0.15, 0.2) is 18.2 Å². The molecular weight excluding hydrogens is 287 g/mol. The van der Waals surface area contributed by atoms with E-state index in [1.165, 1.54) is 6.42 Å². The molecule has 2 nitrogen and oxygen atoms in total. The van der Waals surface area contributed by atoms with Gasteiger partial charge in [-0.1, -0.05) is 37.9 Å². The van der Waals surface area contributed by atoms with E-state index in [4.69, 9.17) is 11.6 Å². The molecule has 21 heavy (non-hydrogen) atoms. The Kier molecular flexibility index (Phi) is 6.03. The molecule has 0 radical (unpaired) electrons. The summed E-state index contributed by atoms with van der Waals surface area (Å²) in [6.45, 7) is 9.65. The summed E-state index contributed by atoms with van der Waals surface area (Å²) in [6.07, 6.45) is 2.30. The molecule has 1 fully saturated rings. The second-order valence-electron chi connectivity index (χ2n) is 6.26. The third-order valence-corrected chi connectivity index (χ3v) is 5.03. The predicted molar refractivity (Wildman–Crippen MR) is 87.1 cm³/mol. The lowest BCUT2D eigenvalue weighted by atomic mass is 9.98. The molecule has 1 N–H and O–H groups in total. The highest BCUT2D eigenvalue weighted by Gasteiger charge is 2.25. The average molecular weight is 313 g/mol. The summed E-state index contributed by atoms with van der Waals surface area (Å²) in [5, 5.41) is 3.86. The summed E-state index contributed by atoms with van der Waals surface area (Å²) < 4.78 is 13.6. The number of hydrogen-bond acceptors (Lipinski definition) is 2. The van der Waals surface area contributed by atoms with Crippen LogP contribution in [0.3, 0.4) is 0 Å². The van der Waals surface area contributed by atoms with Crippen molar-refractivity contribution in [1.29, 1.82) is 0 Å². The quantitative estimate of drug-likeness (QED) is 0.901. The van der Waals surface area contributed by atoms with Gasteiger partial charge < -0.3 is 5.32 Å². The molecule has 0 saturated carbocycles. The van der Waals surface area contributed by atoms with Crippen molar-refractivity contribution >= 4 is 11.6 Å². The third kappa shape index (κ3) is 4.41. The first-order chi connectivity index (χ1) is 10.0. The Bertz CT molecular complexity index is 466. The molecule has 3 atom stereocenters. The number of halogens is 2. The fourth-order valence-corrected chi connectivity index (χ4v) is 3.03. The lowest BCUT2D eigenvalue weighted by Gasteiger charge is -2.31. The zero-order valence-electron chi connectivity index (χ0n) is 13.2. The SMILES string of the molecule is CCC(C)C1CN(Cc2ccc(Cl)c(F)c2)C(C)CCN1. The second-order valence-corrected chi connectivity index (χ2v) is 6.67. The molecule has 118 valence electrons. The van der Waals surface area contributed by atoms with Crippen LogP contribution < -0.4 is 5.32 Å². The maximum absolute atomic E-state index is 13.6. The molecule has 0 bridgehead atoms. The molecule has 3 unspecified atom stereocenters. The van der Waals surface area contributed by atoms with Crippen LogP contribution in [0.1, 0.15) is 39.2 Å². The van der Waals surface area contributed by atoms with Gasteiger partial charge in [0.05, 0.1) is 5.02 Å². The van der Waals surface area contributed by atoms with E-state index in [1.54, 1.807) is 12.1 Å². The molecule has 1 aromatic rings. The Labute approximate surface area is 132 Å². The predicted octanol–water partition coefficient (Wildman–Crippen LogP) is 4.08. The van der Waals surface area contributed by atoms with Crippen molar-refractivity contribution in [3.63, 3.8) is 0 Å². The molecule has 0 aromatic heterocycles. The highest BCUT2D eigenvalue weighted by atomic mass is 35.5. The molecule has 1 aromatic carbocycles. The Morgan fingerprint density at radius 1 is 1.48 bits per heavy atom. The van der Waals surface area contributed by atoms with Gasteiger partial charge in [-0.25, -0.2) is 4.39 Å². The van der Waals surface area contributed by atoms with Crippen molar-refractivity contribution in [3.05, 3.63) is 34.6 Å². The Hall–Kier alpha value is -0.640. The monoisotopic (exact) mass is 312 g/mol. The van der Waals surface area contributed by atoms with Crippen LogP contribution in [0.25, 0.3) is 0 Å². The maximum atomic E-state index is 13.6. The largest absolute Gasteiger partial charge is 0.312 e. The van der Waals surface area contributed by atoms with E-state index in [-0.39, 0.29) is 10.8 Å². The van der Waals surface area contributed by atoms with Gasteiger partial charge in [0.1, 0.15) is 5.82 Å². The van der Waals surface area contributed by atoms with E-state index in [9.17, 15) is 4.39 Å². The lowest BCUT2D eigenvalue weighted by molar-refractivity contribution is 0.180. The normalized spacial score (nSPS) is 25.6. The van der Waals surface area contributed by atoms with Crippen molar-refractivity contribution in [2.45, 2.75) is 52.2 Å². The van der Waals surface area contributed by atoms with Crippen LogP contribution in [0.4, 0.5) is 4.39 Å². The molecule has 1 heterocycles. The molecule has 0 spiro atoms. The zero-order chi connectivity index (χ0) is 15.4. The fourth-order valence-electron chi connectivity index (χ4n) is 2.92. The van der Waals surface area contributed by atoms with E-state index >= 15 is 0 Å². The highest BCUT2D eigenvalue weighted by Crippen LogP contribution is 2.21. The first-order valence-electron chi connectivity index (χ1n) is 7.92. The van der Waals surface area contributed by atoms with Gasteiger partial charge in [-0.2, -0.15) is 0 Å². The van der Waals surface area contributed by atoms with Gasteiger partial charge in [0.15, 0.2) is 0 Å². The van der Waals surface area contributed by atoms with Crippen LogP contribution in [0, 0.1) is 11.7 Å². The molecule has 2 rings (SSSR count). The highest BCUT2D eigenvalue weighted by molar-refractivity contribution is 6.30. The molecule has 1 saturated heterocycles. The summed E-state index contributed by atoms with van der Waals surface area (Å²) >= 11 is 5.76. The van der Waals surface area contributed by atoms with Crippen LogP contribution in [0.2, 0.25) is 5.02 Å². The first kappa shape index (κ1) is 16.7. The van der Waals surface area contributed by atoms with Crippen LogP contribution in [-0.4, -0.2) is 30.1 Å². The number of rotatable bonds is 4. The molecule has 1 aliphatic heterocycles. The maximum Gasteiger partial charge on any atom is 0.142 e. The molecule has 0 aliphatic carbocycles. The minimum Gasteiger partial charge on any atom is -0.312 e. The van der Waals surface area contributed by atoms with Gasteiger partial charge in [0, 0.05) is 25.2 Å². The zero-order valence-corrected chi connectivity index (χ0v) is 14.0. The van der Waals surface area contributed by atoms with Gasteiger partial charge in [0.25, 0.3) is 0 Å². The smallest absolute Gasteiger partial charge is 0.142 e. The topological polar surface area (TPSA) is 15.3 Å². The minimum absolute atomic E-state index is 0.196. The molecule has 4 heteroatoms. The number of nitrogens with zero attached hydrogens (tertiary/aromatic N) is 1. The third-order valence-electron chi connectivity index (χ3n) is 4.72. The summed E-state index contributed by atoms with van der Waals surface area (Å²) in [5.41, 5.74) is 0.994. The van der Waals surface area contributed by atoms with Crippen molar-refractivity contribution in [1.82, 2.24) is 10.2 Å².